The highest BCUT2D eigenvalue weighted by Gasteiger charge is 2.04. The van der Waals surface area contributed by atoms with Crippen LogP contribution in [0.3, 0.4) is 0 Å². The van der Waals surface area contributed by atoms with Crippen molar-refractivity contribution >= 4 is 12.3 Å². The minimum atomic E-state index is -0.669. The number of aliphatic carboxylic acids is 1. The zero-order valence-corrected chi connectivity index (χ0v) is 13.1. The van der Waals surface area contributed by atoms with Crippen molar-refractivity contribution in [3.8, 4) is 0 Å². The first-order chi connectivity index (χ1) is 8.79. The molecule has 0 fully saturated rings. The Hall–Kier alpha value is -0.680. The third-order valence-corrected chi connectivity index (χ3v) is 3.22. The molecule has 0 spiro atoms. The van der Waals surface area contributed by atoms with E-state index >= 15 is 0 Å². The first kappa shape index (κ1) is 18.3. The van der Waals surface area contributed by atoms with Gasteiger partial charge in [-0.2, -0.15) is 0 Å². The molecule has 0 saturated carbocycles. The Labute approximate surface area is 126 Å². The Bertz CT molecular complexity index is 281. The van der Waals surface area contributed by atoms with Crippen LogP contribution in [0.25, 0.3) is 0 Å². The van der Waals surface area contributed by atoms with Gasteiger partial charge in [-0.3, -0.25) is 9.69 Å². The summed E-state index contributed by atoms with van der Waals surface area (Å²) in [4.78, 5) is 15.7. The van der Waals surface area contributed by atoms with E-state index in [4.69, 9.17) is 5.11 Å². The van der Waals surface area contributed by atoms with Crippen LogP contribution in [0, 0.1) is 0 Å². The largest absolute Gasteiger partial charge is 1.00 e. The second kappa shape index (κ2) is 12.4. The van der Waals surface area contributed by atoms with Crippen molar-refractivity contribution in [2.75, 3.05) is 6.54 Å². The van der Waals surface area contributed by atoms with Crippen molar-refractivity contribution in [2.45, 2.75) is 57.8 Å². The fourth-order valence-electron chi connectivity index (χ4n) is 2.13. The molecule has 1 atom stereocenters. The minimum Gasteiger partial charge on any atom is -1.00 e. The third kappa shape index (κ3) is 10.9. The molecule has 0 aromatic carbocycles. The number of carboxylic acid groups (broad SMARTS) is 1. The maximum Gasteiger partial charge on any atom is 0.303 e. The molecule has 1 aliphatic heterocycles. The van der Waals surface area contributed by atoms with Gasteiger partial charge in [0.15, 0.2) is 6.34 Å². The molecule has 1 rings (SSSR count). The number of nitrogens with one attached hydrogen (secondary N) is 1. The summed E-state index contributed by atoms with van der Waals surface area (Å²) in [5.41, 5.74) is 0. The van der Waals surface area contributed by atoms with Crippen molar-refractivity contribution in [1.82, 2.24) is 0 Å². The van der Waals surface area contributed by atoms with E-state index in [0.29, 0.717) is 6.42 Å². The molecule has 1 heterocycles. The average molecular weight is 333 g/mol. The minimum absolute atomic E-state index is 0. The number of carbonyl (C=O) groups is 1. The second-order valence-electron chi connectivity index (χ2n) is 4.89. The van der Waals surface area contributed by atoms with Crippen LogP contribution in [-0.4, -0.2) is 24.0 Å². The number of carboxylic acids is 1. The van der Waals surface area contributed by atoms with E-state index in [1.807, 2.05) is 12.5 Å². The summed E-state index contributed by atoms with van der Waals surface area (Å²) in [6.45, 7) is 1.15. The van der Waals surface area contributed by atoms with E-state index in [9.17, 15) is 4.79 Å². The number of hydrogen-bond donors (Lipinski definition) is 2. The Morgan fingerprint density at radius 2 is 1.58 bits per heavy atom. The lowest BCUT2D eigenvalue weighted by Crippen LogP contribution is -3.05. The van der Waals surface area contributed by atoms with Crippen LogP contribution in [0.2, 0.25) is 0 Å². The number of halogens is 1. The van der Waals surface area contributed by atoms with Crippen LogP contribution in [-0.2, 0) is 4.79 Å². The summed E-state index contributed by atoms with van der Waals surface area (Å²) in [5.74, 6) is -0.669. The van der Waals surface area contributed by atoms with Crippen LogP contribution < -0.4 is 21.9 Å². The summed E-state index contributed by atoms with van der Waals surface area (Å²) in [6.07, 6.45) is 15.7. The van der Waals surface area contributed by atoms with Gasteiger partial charge in [0.1, 0.15) is 6.20 Å². The molecule has 1 unspecified atom stereocenters. The lowest BCUT2D eigenvalue weighted by molar-refractivity contribution is -0.736. The summed E-state index contributed by atoms with van der Waals surface area (Å²) >= 11 is 0. The van der Waals surface area contributed by atoms with Gasteiger partial charge in [-0.25, -0.2) is 4.99 Å². The van der Waals surface area contributed by atoms with Crippen LogP contribution >= 0.6 is 0 Å². The molecule has 5 heteroatoms. The van der Waals surface area contributed by atoms with Gasteiger partial charge >= 0.3 is 5.97 Å². The number of rotatable bonds is 11. The monoisotopic (exact) mass is 332 g/mol. The first-order valence-electron chi connectivity index (χ1n) is 7.06. The number of aliphatic imine (C=N–C) groups is 1. The Balaban J connectivity index is 0.00000324. The fourth-order valence-corrected chi connectivity index (χ4v) is 2.13. The summed E-state index contributed by atoms with van der Waals surface area (Å²) in [5, 5.41) is 8.49. The Morgan fingerprint density at radius 3 is 2.11 bits per heavy atom. The second-order valence-corrected chi connectivity index (χ2v) is 4.89. The van der Waals surface area contributed by atoms with Crippen LogP contribution in [0.5, 0.6) is 0 Å². The van der Waals surface area contributed by atoms with Crippen molar-refractivity contribution < 1.29 is 31.8 Å². The maximum atomic E-state index is 10.3. The highest BCUT2D eigenvalue weighted by Crippen LogP contribution is 2.09. The molecule has 0 amide bonds. The molecule has 0 aromatic rings. The summed E-state index contributed by atoms with van der Waals surface area (Å²) in [6, 6.07) is 0. The molecule has 1 aliphatic rings. The molecule has 0 radical (unpaired) electrons. The summed E-state index contributed by atoms with van der Waals surface area (Å²) in [7, 11) is 0. The van der Waals surface area contributed by atoms with E-state index in [-0.39, 0.29) is 17.0 Å². The van der Waals surface area contributed by atoms with Crippen molar-refractivity contribution in [2.24, 2.45) is 4.99 Å². The zero-order chi connectivity index (χ0) is 13.1. The van der Waals surface area contributed by atoms with Gasteiger partial charge in [-0.05, 0) is 19.3 Å². The molecule has 0 bridgehead atoms. The Morgan fingerprint density at radius 1 is 1.00 bits per heavy atom. The van der Waals surface area contributed by atoms with Gasteiger partial charge < -0.3 is 22.1 Å². The molecule has 0 aromatic heterocycles. The molecular formula is C14H25BrN2O2. The SMILES string of the molecule is O=C(O)CCCCCCCCCC[NH+]1C=CN=C1.[Br-]. The van der Waals surface area contributed by atoms with Crippen molar-refractivity contribution in [3.05, 3.63) is 12.4 Å². The number of nitrogens with zero attached hydrogens (tertiary/aromatic N) is 1. The topological polar surface area (TPSA) is 54.1 Å². The van der Waals surface area contributed by atoms with Crippen molar-refractivity contribution in [3.63, 3.8) is 0 Å². The predicted octanol–water partition coefficient (Wildman–Crippen LogP) is -1.02. The predicted molar refractivity (Wildman–Crippen MR) is 72.7 cm³/mol. The number of unbranched alkanes of at least 4 members (excludes halogenated alkanes) is 7. The molecule has 110 valence electrons. The van der Waals surface area contributed by atoms with Crippen LogP contribution in [0.15, 0.2) is 17.4 Å². The molecule has 0 aliphatic carbocycles. The van der Waals surface area contributed by atoms with Gasteiger partial charge in [-0.15, -0.1) is 0 Å². The maximum absolute atomic E-state index is 10.3. The van der Waals surface area contributed by atoms with Gasteiger partial charge in [0.25, 0.3) is 0 Å². The van der Waals surface area contributed by atoms with E-state index in [0.717, 1.165) is 19.4 Å². The average Bonchev–Trinajstić information content (AvgIpc) is 2.84. The molecular weight excluding hydrogens is 308 g/mol. The molecule has 0 saturated heterocycles. The molecule has 4 nitrogen and oxygen atoms in total. The van der Waals surface area contributed by atoms with Crippen molar-refractivity contribution in [1.29, 1.82) is 0 Å². The third-order valence-electron chi connectivity index (χ3n) is 3.22. The smallest absolute Gasteiger partial charge is 0.303 e. The molecule has 2 N–H and O–H groups in total. The van der Waals surface area contributed by atoms with E-state index < -0.39 is 5.97 Å². The zero-order valence-electron chi connectivity index (χ0n) is 11.5. The Kier molecular flexibility index (Phi) is 11.9. The lowest BCUT2D eigenvalue weighted by atomic mass is 10.1. The van der Waals surface area contributed by atoms with Crippen LogP contribution in [0.1, 0.15) is 57.8 Å². The lowest BCUT2D eigenvalue weighted by Gasteiger charge is -2.05. The normalized spacial score (nSPS) is 16.5. The van der Waals surface area contributed by atoms with Crippen LogP contribution in [0.4, 0.5) is 0 Å². The first-order valence-corrected chi connectivity index (χ1v) is 7.06. The van der Waals surface area contributed by atoms with E-state index in [2.05, 4.69) is 11.2 Å². The fraction of sp³-hybridized carbons (Fsp3) is 0.714. The van der Waals surface area contributed by atoms with E-state index in [1.165, 1.54) is 43.4 Å². The highest BCUT2D eigenvalue weighted by atomic mass is 79.9. The standard InChI is InChI=1S/C14H24N2O2.BrH/c17-14(18)9-7-5-3-1-2-4-6-8-11-16-12-10-15-13-16;/h10,12-13H,1-9,11H2,(H,17,18);1H. The van der Waals surface area contributed by atoms with Gasteiger partial charge in [-0.1, -0.05) is 32.1 Å². The van der Waals surface area contributed by atoms with E-state index in [1.54, 1.807) is 0 Å². The van der Waals surface area contributed by atoms with Gasteiger partial charge in [0.2, 0.25) is 0 Å². The quantitative estimate of drug-likeness (QED) is 0.476. The highest BCUT2D eigenvalue weighted by molar-refractivity contribution is 5.66. The van der Waals surface area contributed by atoms with Gasteiger partial charge in [0.05, 0.1) is 12.7 Å². The molecule has 19 heavy (non-hydrogen) atoms. The van der Waals surface area contributed by atoms with Gasteiger partial charge in [0, 0.05) is 6.42 Å². The number of quaternary nitrogens is 1. The summed E-state index contributed by atoms with van der Waals surface area (Å²) < 4.78 is 0. The number of hydrogen-bond acceptors (Lipinski definition) is 2.